The fraction of sp³-hybridized carbons (Fsp3) is 0.231. The highest BCUT2D eigenvalue weighted by atomic mass is 15.1. The number of hydrogen-bond acceptors (Lipinski definition) is 4. The van der Waals surface area contributed by atoms with Crippen molar-refractivity contribution in [2.45, 2.75) is 13.3 Å². The Morgan fingerprint density at radius 2 is 1.76 bits per heavy atom. The number of nitrogens with one attached hydrogen (secondary N) is 2. The molecule has 0 aliphatic carbocycles. The van der Waals surface area contributed by atoms with E-state index >= 15 is 0 Å². The van der Waals surface area contributed by atoms with Crippen molar-refractivity contribution >= 4 is 17.3 Å². The molecule has 1 aromatic heterocycles. The molecule has 17 heavy (non-hydrogen) atoms. The van der Waals surface area contributed by atoms with Crippen LogP contribution < -0.4 is 10.6 Å². The van der Waals surface area contributed by atoms with Crippen molar-refractivity contribution in [2.75, 3.05) is 17.7 Å². The van der Waals surface area contributed by atoms with E-state index in [4.69, 9.17) is 0 Å². The highest BCUT2D eigenvalue weighted by Gasteiger charge is 2.08. The Hall–Kier alpha value is -2.10. The summed E-state index contributed by atoms with van der Waals surface area (Å²) in [5.74, 6) is 1.74. The van der Waals surface area contributed by atoms with E-state index in [-0.39, 0.29) is 0 Å². The number of benzene rings is 1. The summed E-state index contributed by atoms with van der Waals surface area (Å²) in [6.45, 7) is 2.09. The molecule has 2 aromatic rings. The summed E-state index contributed by atoms with van der Waals surface area (Å²) < 4.78 is 0. The molecule has 0 aliphatic rings. The Morgan fingerprint density at radius 3 is 2.41 bits per heavy atom. The minimum absolute atomic E-state index is 0.859. The number of aromatic nitrogens is 2. The number of anilines is 3. The van der Waals surface area contributed by atoms with Gasteiger partial charge < -0.3 is 10.6 Å². The van der Waals surface area contributed by atoms with Crippen LogP contribution in [0, 0.1) is 0 Å². The summed E-state index contributed by atoms with van der Waals surface area (Å²) in [6, 6.07) is 10.0. The number of hydrogen-bond donors (Lipinski definition) is 2. The third-order valence-corrected chi connectivity index (χ3v) is 2.57. The maximum atomic E-state index is 4.29. The molecule has 0 spiro atoms. The van der Waals surface area contributed by atoms with Crippen LogP contribution in [0.3, 0.4) is 0 Å². The predicted octanol–water partition coefficient (Wildman–Crippen LogP) is 2.82. The van der Waals surface area contributed by atoms with Gasteiger partial charge in [-0.25, -0.2) is 9.97 Å². The maximum Gasteiger partial charge on any atom is 0.139 e. The molecular formula is C13H16N4. The van der Waals surface area contributed by atoms with Crippen LogP contribution in [-0.4, -0.2) is 17.0 Å². The lowest BCUT2D eigenvalue weighted by molar-refractivity contribution is 1.05. The highest BCUT2D eigenvalue weighted by Crippen LogP contribution is 2.23. The molecule has 4 heteroatoms. The summed E-state index contributed by atoms with van der Waals surface area (Å²) in [7, 11) is 1.87. The van der Waals surface area contributed by atoms with Crippen molar-refractivity contribution in [3.63, 3.8) is 0 Å². The van der Waals surface area contributed by atoms with E-state index in [1.807, 2.05) is 37.4 Å². The van der Waals surface area contributed by atoms with Crippen molar-refractivity contribution < 1.29 is 0 Å². The van der Waals surface area contributed by atoms with Crippen molar-refractivity contribution in [3.05, 3.63) is 42.2 Å². The quantitative estimate of drug-likeness (QED) is 0.844. The zero-order valence-electron chi connectivity index (χ0n) is 10.1. The number of rotatable bonds is 4. The number of nitrogens with zero attached hydrogens (tertiary/aromatic N) is 2. The molecule has 0 amide bonds. The van der Waals surface area contributed by atoms with Crippen LogP contribution in [-0.2, 0) is 6.42 Å². The molecule has 0 fully saturated rings. The Morgan fingerprint density at radius 1 is 1.06 bits per heavy atom. The van der Waals surface area contributed by atoms with E-state index in [0.717, 1.165) is 29.3 Å². The normalized spacial score (nSPS) is 10.0. The van der Waals surface area contributed by atoms with E-state index in [0.29, 0.717) is 0 Å². The van der Waals surface area contributed by atoms with Crippen molar-refractivity contribution in [3.8, 4) is 0 Å². The maximum absolute atomic E-state index is 4.29. The summed E-state index contributed by atoms with van der Waals surface area (Å²) >= 11 is 0. The van der Waals surface area contributed by atoms with E-state index < -0.39 is 0 Å². The zero-order chi connectivity index (χ0) is 12.1. The van der Waals surface area contributed by atoms with Gasteiger partial charge in [0.25, 0.3) is 0 Å². The SMILES string of the molecule is CCc1c(NC)ncnc1Nc1ccccc1. The molecule has 88 valence electrons. The minimum Gasteiger partial charge on any atom is -0.373 e. The third kappa shape index (κ3) is 2.53. The van der Waals surface area contributed by atoms with Crippen LogP contribution in [0.2, 0.25) is 0 Å². The molecule has 0 bridgehead atoms. The largest absolute Gasteiger partial charge is 0.373 e. The van der Waals surface area contributed by atoms with Crippen LogP contribution in [0.25, 0.3) is 0 Å². The summed E-state index contributed by atoms with van der Waals surface area (Å²) in [4.78, 5) is 8.50. The van der Waals surface area contributed by atoms with Gasteiger partial charge in [-0.15, -0.1) is 0 Å². The third-order valence-electron chi connectivity index (χ3n) is 2.57. The molecule has 0 unspecified atom stereocenters. The molecule has 4 nitrogen and oxygen atoms in total. The van der Waals surface area contributed by atoms with Gasteiger partial charge in [0.2, 0.25) is 0 Å². The van der Waals surface area contributed by atoms with Gasteiger partial charge in [0, 0.05) is 18.3 Å². The molecule has 0 saturated heterocycles. The van der Waals surface area contributed by atoms with Gasteiger partial charge in [0.15, 0.2) is 0 Å². The smallest absolute Gasteiger partial charge is 0.139 e. The van der Waals surface area contributed by atoms with Crippen molar-refractivity contribution in [1.82, 2.24) is 9.97 Å². The van der Waals surface area contributed by atoms with E-state index in [2.05, 4.69) is 27.5 Å². The van der Waals surface area contributed by atoms with Gasteiger partial charge in [0.05, 0.1) is 0 Å². The Labute approximate surface area is 101 Å². The van der Waals surface area contributed by atoms with Gasteiger partial charge in [-0.2, -0.15) is 0 Å². The first-order chi connectivity index (χ1) is 8.35. The van der Waals surface area contributed by atoms with Crippen LogP contribution in [0.4, 0.5) is 17.3 Å². The Balaban J connectivity index is 2.33. The summed E-state index contributed by atoms with van der Waals surface area (Å²) in [6.07, 6.45) is 2.45. The monoisotopic (exact) mass is 228 g/mol. The second-order valence-electron chi connectivity index (χ2n) is 3.64. The molecule has 0 aliphatic heterocycles. The van der Waals surface area contributed by atoms with Gasteiger partial charge >= 0.3 is 0 Å². The average Bonchev–Trinajstić information content (AvgIpc) is 2.39. The molecule has 0 atom stereocenters. The van der Waals surface area contributed by atoms with Gasteiger partial charge in [-0.1, -0.05) is 25.1 Å². The van der Waals surface area contributed by atoms with Gasteiger partial charge in [-0.3, -0.25) is 0 Å². The summed E-state index contributed by atoms with van der Waals surface area (Å²) in [5.41, 5.74) is 2.13. The second kappa shape index (κ2) is 5.30. The zero-order valence-corrected chi connectivity index (χ0v) is 10.1. The minimum atomic E-state index is 0.859. The van der Waals surface area contributed by atoms with Crippen LogP contribution in [0.1, 0.15) is 12.5 Å². The predicted molar refractivity (Wildman–Crippen MR) is 70.7 cm³/mol. The first kappa shape index (κ1) is 11.4. The standard InChI is InChI=1S/C13H16N4/c1-3-11-12(14-2)15-9-16-13(11)17-10-7-5-4-6-8-10/h4-9H,3H2,1-2H3,(H2,14,15,16,17). The van der Waals surface area contributed by atoms with Gasteiger partial charge in [0.1, 0.15) is 18.0 Å². The Bertz CT molecular complexity index is 482. The van der Waals surface area contributed by atoms with Gasteiger partial charge in [-0.05, 0) is 18.6 Å². The molecule has 2 rings (SSSR count). The van der Waals surface area contributed by atoms with Crippen LogP contribution in [0.5, 0.6) is 0 Å². The molecular weight excluding hydrogens is 212 g/mol. The molecule has 1 heterocycles. The molecule has 0 saturated carbocycles. The number of para-hydroxylation sites is 1. The Kier molecular flexibility index (Phi) is 3.55. The first-order valence-corrected chi connectivity index (χ1v) is 5.68. The lowest BCUT2D eigenvalue weighted by Crippen LogP contribution is -2.04. The van der Waals surface area contributed by atoms with Crippen LogP contribution in [0.15, 0.2) is 36.7 Å². The molecule has 0 radical (unpaired) electrons. The van der Waals surface area contributed by atoms with E-state index in [1.54, 1.807) is 6.33 Å². The molecule has 2 N–H and O–H groups in total. The molecule has 1 aromatic carbocycles. The van der Waals surface area contributed by atoms with Crippen molar-refractivity contribution in [2.24, 2.45) is 0 Å². The second-order valence-corrected chi connectivity index (χ2v) is 3.64. The fourth-order valence-electron chi connectivity index (χ4n) is 1.73. The lowest BCUT2D eigenvalue weighted by atomic mass is 10.2. The van der Waals surface area contributed by atoms with E-state index in [9.17, 15) is 0 Å². The van der Waals surface area contributed by atoms with E-state index in [1.165, 1.54) is 0 Å². The summed E-state index contributed by atoms with van der Waals surface area (Å²) in [5, 5.41) is 6.39. The lowest BCUT2D eigenvalue weighted by Gasteiger charge is -2.12. The average molecular weight is 228 g/mol. The first-order valence-electron chi connectivity index (χ1n) is 5.68. The van der Waals surface area contributed by atoms with Crippen molar-refractivity contribution in [1.29, 1.82) is 0 Å². The topological polar surface area (TPSA) is 49.8 Å². The fourth-order valence-corrected chi connectivity index (χ4v) is 1.73. The van der Waals surface area contributed by atoms with Crippen LogP contribution >= 0.6 is 0 Å². The highest BCUT2D eigenvalue weighted by molar-refractivity contribution is 5.64.